The van der Waals surface area contributed by atoms with Crippen LogP contribution in [0.25, 0.3) is 0 Å². The molecule has 3 rings (SSSR count). The van der Waals surface area contributed by atoms with Gasteiger partial charge in [-0.2, -0.15) is 0 Å². The number of anilines is 2. The van der Waals surface area contributed by atoms with Crippen LogP contribution in [-0.2, 0) is 0 Å². The van der Waals surface area contributed by atoms with Gasteiger partial charge in [-0.3, -0.25) is 0 Å². The first-order chi connectivity index (χ1) is 11.9. The maximum atomic E-state index is 3.87. The Balaban J connectivity index is 1.61. The maximum Gasteiger partial charge on any atom is 0.0578 e. The summed E-state index contributed by atoms with van der Waals surface area (Å²) in [6.45, 7) is 0. The fourth-order valence-electron chi connectivity index (χ4n) is 4.38. The summed E-state index contributed by atoms with van der Waals surface area (Å²) in [5.74, 6) is 0. The van der Waals surface area contributed by atoms with Crippen molar-refractivity contribution in [3.8, 4) is 0 Å². The van der Waals surface area contributed by atoms with Gasteiger partial charge in [0.05, 0.1) is 11.4 Å². The Labute approximate surface area is 148 Å². The molecule has 1 aromatic carbocycles. The standard InChI is InChI=1S/C22H36N2/c1-3-7-13-19(14-8-4-1)23-21-17-11-12-18-22(21)24-20-15-9-5-2-6-10-16-20/h11-12,17-20,23-24H,1-10,13-16H2. The van der Waals surface area contributed by atoms with Crippen molar-refractivity contribution in [1.29, 1.82) is 0 Å². The molecule has 2 saturated carbocycles. The number of hydrogen-bond acceptors (Lipinski definition) is 2. The Morgan fingerprint density at radius 3 is 1.21 bits per heavy atom. The van der Waals surface area contributed by atoms with E-state index in [2.05, 4.69) is 34.9 Å². The van der Waals surface area contributed by atoms with Crippen molar-refractivity contribution in [2.75, 3.05) is 10.6 Å². The normalized spacial score (nSPS) is 22.0. The predicted octanol–water partition coefficient (Wildman–Crippen LogP) is 6.74. The van der Waals surface area contributed by atoms with Crippen LogP contribution in [0, 0.1) is 0 Å². The number of rotatable bonds is 4. The highest BCUT2D eigenvalue weighted by molar-refractivity contribution is 5.69. The molecule has 0 atom stereocenters. The molecule has 0 heterocycles. The predicted molar refractivity (Wildman–Crippen MR) is 106 cm³/mol. The molecule has 0 bridgehead atoms. The minimum absolute atomic E-state index is 0.658. The van der Waals surface area contributed by atoms with E-state index in [1.54, 1.807) is 0 Å². The molecule has 0 radical (unpaired) electrons. The van der Waals surface area contributed by atoms with E-state index >= 15 is 0 Å². The first kappa shape index (κ1) is 17.6. The monoisotopic (exact) mass is 328 g/mol. The smallest absolute Gasteiger partial charge is 0.0578 e. The van der Waals surface area contributed by atoms with Gasteiger partial charge in [-0.1, -0.05) is 76.3 Å². The summed E-state index contributed by atoms with van der Waals surface area (Å²) in [5, 5.41) is 7.74. The summed E-state index contributed by atoms with van der Waals surface area (Å²) in [6.07, 6.45) is 19.4. The van der Waals surface area contributed by atoms with Gasteiger partial charge >= 0.3 is 0 Å². The van der Waals surface area contributed by atoms with Gasteiger partial charge in [-0.15, -0.1) is 0 Å². The molecule has 0 unspecified atom stereocenters. The topological polar surface area (TPSA) is 24.1 Å². The minimum atomic E-state index is 0.658. The zero-order chi connectivity index (χ0) is 16.5. The lowest BCUT2D eigenvalue weighted by Gasteiger charge is -2.27. The Hall–Kier alpha value is -1.18. The number of nitrogens with one attached hydrogen (secondary N) is 2. The van der Waals surface area contributed by atoms with E-state index < -0.39 is 0 Å². The van der Waals surface area contributed by atoms with Crippen molar-refractivity contribution >= 4 is 11.4 Å². The zero-order valence-corrected chi connectivity index (χ0v) is 15.4. The van der Waals surface area contributed by atoms with Crippen molar-refractivity contribution in [2.24, 2.45) is 0 Å². The molecule has 134 valence electrons. The number of benzene rings is 1. The first-order valence-corrected chi connectivity index (χ1v) is 10.5. The second kappa shape index (κ2) is 9.96. The highest BCUT2D eigenvalue weighted by Gasteiger charge is 2.15. The molecular weight excluding hydrogens is 292 g/mol. The molecule has 0 amide bonds. The molecular formula is C22H36N2. The van der Waals surface area contributed by atoms with E-state index in [0.717, 1.165) is 0 Å². The third-order valence-electron chi connectivity index (χ3n) is 5.86. The van der Waals surface area contributed by atoms with Crippen molar-refractivity contribution in [1.82, 2.24) is 0 Å². The van der Waals surface area contributed by atoms with Gasteiger partial charge in [0.15, 0.2) is 0 Å². The van der Waals surface area contributed by atoms with E-state index in [1.165, 1.54) is 101 Å². The zero-order valence-electron chi connectivity index (χ0n) is 15.4. The van der Waals surface area contributed by atoms with Crippen LogP contribution in [0.5, 0.6) is 0 Å². The molecule has 2 nitrogen and oxygen atoms in total. The molecule has 24 heavy (non-hydrogen) atoms. The number of para-hydroxylation sites is 2. The molecule has 0 aromatic heterocycles. The quantitative estimate of drug-likeness (QED) is 0.639. The highest BCUT2D eigenvalue weighted by Crippen LogP contribution is 2.28. The largest absolute Gasteiger partial charge is 0.381 e. The van der Waals surface area contributed by atoms with E-state index in [1.807, 2.05) is 0 Å². The van der Waals surface area contributed by atoms with Crippen LogP contribution in [-0.4, -0.2) is 12.1 Å². The van der Waals surface area contributed by atoms with Gasteiger partial charge in [0.25, 0.3) is 0 Å². The van der Waals surface area contributed by atoms with Gasteiger partial charge in [0.2, 0.25) is 0 Å². The summed E-state index contributed by atoms with van der Waals surface area (Å²) in [6, 6.07) is 10.2. The minimum Gasteiger partial charge on any atom is -0.381 e. The average Bonchev–Trinajstić information content (AvgIpc) is 2.54. The highest BCUT2D eigenvalue weighted by atomic mass is 15.0. The molecule has 2 heteroatoms. The lowest BCUT2D eigenvalue weighted by atomic mass is 9.96. The van der Waals surface area contributed by atoms with Crippen LogP contribution in [0.15, 0.2) is 24.3 Å². The van der Waals surface area contributed by atoms with Crippen LogP contribution in [0.2, 0.25) is 0 Å². The summed E-state index contributed by atoms with van der Waals surface area (Å²) in [7, 11) is 0. The van der Waals surface area contributed by atoms with Gasteiger partial charge in [0.1, 0.15) is 0 Å². The SMILES string of the molecule is c1ccc(NC2CCCCCCC2)c(NC2CCCCCCC2)c1. The van der Waals surface area contributed by atoms with Crippen molar-refractivity contribution in [2.45, 2.75) is 102 Å². The van der Waals surface area contributed by atoms with Crippen LogP contribution < -0.4 is 10.6 Å². The van der Waals surface area contributed by atoms with E-state index in [9.17, 15) is 0 Å². The maximum absolute atomic E-state index is 3.87. The fraction of sp³-hybridized carbons (Fsp3) is 0.727. The lowest BCUT2D eigenvalue weighted by molar-refractivity contribution is 0.469. The van der Waals surface area contributed by atoms with Crippen LogP contribution in [0.3, 0.4) is 0 Å². The van der Waals surface area contributed by atoms with E-state index in [0.29, 0.717) is 12.1 Å². The molecule has 2 fully saturated rings. The second-order valence-electron chi connectivity index (χ2n) is 7.92. The Kier molecular flexibility index (Phi) is 7.32. The van der Waals surface area contributed by atoms with E-state index in [4.69, 9.17) is 0 Å². The summed E-state index contributed by atoms with van der Waals surface area (Å²) < 4.78 is 0. The molecule has 0 spiro atoms. The molecule has 2 N–H and O–H groups in total. The first-order valence-electron chi connectivity index (χ1n) is 10.5. The van der Waals surface area contributed by atoms with Crippen molar-refractivity contribution in [3.05, 3.63) is 24.3 Å². The molecule has 0 saturated heterocycles. The second-order valence-corrected chi connectivity index (χ2v) is 7.92. The third kappa shape index (κ3) is 5.72. The van der Waals surface area contributed by atoms with E-state index in [-0.39, 0.29) is 0 Å². The Morgan fingerprint density at radius 2 is 0.833 bits per heavy atom. The van der Waals surface area contributed by atoms with Gasteiger partial charge in [-0.25, -0.2) is 0 Å². The van der Waals surface area contributed by atoms with Crippen LogP contribution in [0.4, 0.5) is 11.4 Å². The molecule has 2 aliphatic rings. The third-order valence-corrected chi connectivity index (χ3v) is 5.86. The fourth-order valence-corrected chi connectivity index (χ4v) is 4.38. The summed E-state index contributed by atoms with van der Waals surface area (Å²) >= 11 is 0. The average molecular weight is 329 g/mol. The van der Waals surface area contributed by atoms with Crippen molar-refractivity contribution in [3.63, 3.8) is 0 Å². The number of hydrogen-bond donors (Lipinski definition) is 2. The molecule has 1 aromatic rings. The Bertz CT molecular complexity index is 412. The lowest BCUT2D eigenvalue weighted by Crippen LogP contribution is -2.24. The van der Waals surface area contributed by atoms with Crippen LogP contribution >= 0.6 is 0 Å². The van der Waals surface area contributed by atoms with Gasteiger partial charge in [-0.05, 0) is 37.8 Å². The van der Waals surface area contributed by atoms with Crippen LogP contribution in [0.1, 0.15) is 89.9 Å². The Morgan fingerprint density at radius 1 is 0.500 bits per heavy atom. The van der Waals surface area contributed by atoms with Crippen molar-refractivity contribution < 1.29 is 0 Å². The van der Waals surface area contributed by atoms with Gasteiger partial charge < -0.3 is 10.6 Å². The molecule has 0 aliphatic heterocycles. The summed E-state index contributed by atoms with van der Waals surface area (Å²) in [5.41, 5.74) is 2.65. The summed E-state index contributed by atoms with van der Waals surface area (Å²) in [4.78, 5) is 0. The molecule has 2 aliphatic carbocycles. The van der Waals surface area contributed by atoms with Gasteiger partial charge in [0, 0.05) is 12.1 Å².